The third kappa shape index (κ3) is 3.42. The Hall–Kier alpha value is -2.43. The number of nitrogens with zero attached hydrogens (tertiary/aromatic N) is 1. The van der Waals surface area contributed by atoms with Gasteiger partial charge in [-0.3, -0.25) is 4.79 Å². The summed E-state index contributed by atoms with van der Waals surface area (Å²) in [6, 6.07) is 10.0. The van der Waals surface area contributed by atoms with Crippen molar-refractivity contribution in [1.29, 1.82) is 0 Å². The Morgan fingerprint density at radius 2 is 1.91 bits per heavy atom. The first-order valence-corrected chi connectivity index (χ1v) is 7.51. The first kappa shape index (κ1) is 14.5. The van der Waals surface area contributed by atoms with Crippen molar-refractivity contribution in [3.05, 3.63) is 54.0 Å². The van der Waals surface area contributed by atoms with Gasteiger partial charge < -0.3 is 10.6 Å². The lowest BCUT2D eigenvalue weighted by atomic mass is 10.2. The van der Waals surface area contributed by atoms with Crippen LogP contribution in [0.15, 0.2) is 42.6 Å². The fraction of sp³-hybridized carbons (Fsp3) is 0.294. The van der Waals surface area contributed by atoms with Crippen LogP contribution in [-0.2, 0) is 0 Å². The monoisotopic (exact) mass is 299 g/mol. The van der Waals surface area contributed by atoms with Crippen LogP contribution in [0.2, 0.25) is 0 Å². The molecule has 22 heavy (non-hydrogen) atoms. The van der Waals surface area contributed by atoms with E-state index >= 15 is 0 Å². The summed E-state index contributed by atoms with van der Waals surface area (Å²) in [5.74, 6) is 0.0618. The molecule has 0 unspecified atom stereocenters. The first-order chi connectivity index (χ1) is 10.7. The number of aromatic nitrogens is 1. The van der Waals surface area contributed by atoms with E-state index in [1.807, 2.05) is 0 Å². The molecule has 3 rings (SSSR count). The molecule has 0 aliphatic heterocycles. The largest absolute Gasteiger partial charge is 0.349 e. The zero-order valence-corrected chi connectivity index (χ0v) is 12.2. The van der Waals surface area contributed by atoms with E-state index in [2.05, 4.69) is 15.6 Å². The number of amides is 1. The average molecular weight is 299 g/mol. The van der Waals surface area contributed by atoms with Gasteiger partial charge in [-0.25, -0.2) is 9.37 Å². The lowest BCUT2D eigenvalue weighted by molar-refractivity contribution is 0.0937. The highest BCUT2D eigenvalue weighted by Gasteiger charge is 2.18. The van der Waals surface area contributed by atoms with Crippen LogP contribution in [0.5, 0.6) is 0 Å². The number of para-hydroxylation sites is 1. The number of hydrogen-bond acceptors (Lipinski definition) is 3. The summed E-state index contributed by atoms with van der Waals surface area (Å²) in [6.45, 7) is 0. The van der Waals surface area contributed by atoms with Gasteiger partial charge in [0.2, 0.25) is 0 Å². The molecule has 0 spiro atoms. The molecule has 0 atom stereocenters. The Morgan fingerprint density at radius 1 is 1.14 bits per heavy atom. The van der Waals surface area contributed by atoms with E-state index < -0.39 is 0 Å². The minimum atomic E-state index is -0.340. The van der Waals surface area contributed by atoms with E-state index in [0.29, 0.717) is 17.1 Å². The summed E-state index contributed by atoms with van der Waals surface area (Å²) < 4.78 is 13.6. The smallest absolute Gasteiger partial charge is 0.253 e. The van der Waals surface area contributed by atoms with Crippen LogP contribution in [0.3, 0.4) is 0 Å². The van der Waals surface area contributed by atoms with Crippen LogP contribution >= 0.6 is 0 Å². The number of benzene rings is 1. The van der Waals surface area contributed by atoms with Gasteiger partial charge in [0.05, 0.1) is 11.3 Å². The molecule has 114 valence electrons. The molecular formula is C17H18FN3O. The van der Waals surface area contributed by atoms with Gasteiger partial charge in [0.25, 0.3) is 5.91 Å². The van der Waals surface area contributed by atoms with Gasteiger partial charge in [-0.05, 0) is 37.1 Å². The predicted molar refractivity (Wildman–Crippen MR) is 83.6 cm³/mol. The third-order valence-corrected chi connectivity index (χ3v) is 3.85. The van der Waals surface area contributed by atoms with Crippen LogP contribution in [0, 0.1) is 5.82 Å². The van der Waals surface area contributed by atoms with Gasteiger partial charge in [0.15, 0.2) is 0 Å². The second-order valence-corrected chi connectivity index (χ2v) is 5.49. The van der Waals surface area contributed by atoms with Gasteiger partial charge in [0.1, 0.15) is 11.6 Å². The van der Waals surface area contributed by atoms with E-state index in [1.165, 1.54) is 25.1 Å². The van der Waals surface area contributed by atoms with E-state index in [0.717, 1.165) is 12.8 Å². The fourth-order valence-electron chi connectivity index (χ4n) is 2.64. The second kappa shape index (κ2) is 6.56. The molecule has 4 nitrogen and oxygen atoms in total. The van der Waals surface area contributed by atoms with Crippen molar-refractivity contribution in [2.45, 2.75) is 31.7 Å². The SMILES string of the molecule is O=C(NC1CCCC1)c1ccc(Nc2ccccc2F)nc1. The maximum absolute atomic E-state index is 13.6. The maximum Gasteiger partial charge on any atom is 0.253 e. The number of hydrogen-bond donors (Lipinski definition) is 2. The molecule has 1 aromatic heterocycles. The lowest BCUT2D eigenvalue weighted by Crippen LogP contribution is -2.32. The highest BCUT2D eigenvalue weighted by molar-refractivity contribution is 5.94. The molecule has 5 heteroatoms. The van der Waals surface area contributed by atoms with Crippen molar-refractivity contribution in [2.24, 2.45) is 0 Å². The van der Waals surface area contributed by atoms with Gasteiger partial charge in [0, 0.05) is 12.2 Å². The topological polar surface area (TPSA) is 54.0 Å². The zero-order chi connectivity index (χ0) is 15.4. The molecular weight excluding hydrogens is 281 g/mol. The number of halogens is 1. The summed E-state index contributed by atoms with van der Waals surface area (Å²) in [5, 5.41) is 5.91. The lowest BCUT2D eigenvalue weighted by Gasteiger charge is -2.12. The van der Waals surface area contributed by atoms with Crippen LogP contribution < -0.4 is 10.6 Å². The van der Waals surface area contributed by atoms with E-state index in [-0.39, 0.29) is 17.8 Å². The molecule has 1 aliphatic carbocycles. The average Bonchev–Trinajstić information content (AvgIpc) is 3.03. The normalized spacial score (nSPS) is 14.8. The number of rotatable bonds is 4. The highest BCUT2D eigenvalue weighted by atomic mass is 19.1. The molecule has 1 aromatic carbocycles. The standard InChI is InChI=1S/C17H18FN3O/c18-14-7-3-4-8-15(14)21-16-10-9-12(11-19-16)17(22)20-13-5-1-2-6-13/h3-4,7-11,13H,1-2,5-6H2,(H,19,21)(H,20,22). The van der Waals surface area contributed by atoms with Gasteiger partial charge in [-0.1, -0.05) is 25.0 Å². The summed E-state index contributed by atoms with van der Waals surface area (Å²) in [6.07, 6.45) is 5.95. The molecule has 1 aliphatic rings. The number of pyridine rings is 1. The Bertz CT molecular complexity index is 651. The van der Waals surface area contributed by atoms with Crippen molar-refractivity contribution in [3.8, 4) is 0 Å². The maximum atomic E-state index is 13.6. The minimum Gasteiger partial charge on any atom is -0.349 e. The van der Waals surface area contributed by atoms with Crippen molar-refractivity contribution in [3.63, 3.8) is 0 Å². The van der Waals surface area contributed by atoms with E-state index in [4.69, 9.17) is 0 Å². The van der Waals surface area contributed by atoms with Crippen LogP contribution in [0.4, 0.5) is 15.9 Å². The van der Waals surface area contributed by atoms with Crippen molar-refractivity contribution < 1.29 is 9.18 Å². The highest BCUT2D eigenvalue weighted by Crippen LogP contribution is 2.19. The summed E-state index contributed by atoms with van der Waals surface area (Å²) in [4.78, 5) is 16.3. The van der Waals surface area contributed by atoms with E-state index in [9.17, 15) is 9.18 Å². The molecule has 1 saturated carbocycles. The van der Waals surface area contributed by atoms with Crippen molar-refractivity contribution in [2.75, 3.05) is 5.32 Å². The molecule has 1 amide bonds. The van der Waals surface area contributed by atoms with Gasteiger partial charge in [-0.2, -0.15) is 0 Å². The molecule has 0 radical (unpaired) electrons. The van der Waals surface area contributed by atoms with Gasteiger partial charge in [-0.15, -0.1) is 0 Å². The summed E-state index contributed by atoms with van der Waals surface area (Å²) in [5.41, 5.74) is 0.879. The fourth-order valence-corrected chi connectivity index (χ4v) is 2.64. The zero-order valence-electron chi connectivity index (χ0n) is 12.2. The summed E-state index contributed by atoms with van der Waals surface area (Å²) in [7, 11) is 0. The Labute approximate surface area is 128 Å². The molecule has 2 aromatic rings. The van der Waals surface area contributed by atoms with Crippen molar-refractivity contribution >= 4 is 17.4 Å². The number of carbonyl (C=O) groups is 1. The summed E-state index contributed by atoms with van der Waals surface area (Å²) >= 11 is 0. The molecule has 2 N–H and O–H groups in total. The predicted octanol–water partition coefficient (Wildman–Crippen LogP) is 3.64. The van der Waals surface area contributed by atoms with Crippen LogP contribution in [-0.4, -0.2) is 16.9 Å². The van der Waals surface area contributed by atoms with E-state index in [1.54, 1.807) is 30.3 Å². The Kier molecular flexibility index (Phi) is 4.32. The van der Waals surface area contributed by atoms with Gasteiger partial charge >= 0.3 is 0 Å². The quantitative estimate of drug-likeness (QED) is 0.906. The Morgan fingerprint density at radius 3 is 2.59 bits per heavy atom. The molecule has 0 bridgehead atoms. The number of carbonyl (C=O) groups excluding carboxylic acids is 1. The first-order valence-electron chi connectivity index (χ1n) is 7.51. The van der Waals surface area contributed by atoms with Crippen LogP contribution in [0.25, 0.3) is 0 Å². The van der Waals surface area contributed by atoms with Crippen molar-refractivity contribution in [1.82, 2.24) is 10.3 Å². The number of anilines is 2. The van der Waals surface area contributed by atoms with Crippen LogP contribution in [0.1, 0.15) is 36.0 Å². The third-order valence-electron chi connectivity index (χ3n) is 3.85. The molecule has 1 fully saturated rings. The minimum absolute atomic E-state index is 0.100. The molecule has 1 heterocycles. The second-order valence-electron chi connectivity index (χ2n) is 5.49. The molecule has 0 saturated heterocycles. The number of nitrogens with one attached hydrogen (secondary N) is 2. The Balaban J connectivity index is 1.64.